The predicted octanol–water partition coefficient (Wildman–Crippen LogP) is 2.54. The topological polar surface area (TPSA) is 34.5 Å². The number of halogens is 1. The van der Waals surface area contributed by atoms with Crippen molar-refractivity contribution in [3.63, 3.8) is 0 Å². The Balaban J connectivity index is 2.19. The highest BCUT2D eigenvalue weighted by atomic mass is 35.5. The molecule has 4 heteroatoms. The third-order valence-electron chi connectivity index (χ3n) is 2.39. The number of aromatic nitrogens is 1. The molecule has 0 amide bonds. The second-order valence-electron chi connectivity index (χ2n) is 3.92. The maximum Gasteiger partial charge on any atom is 0.235 e. The molecule has 0 bridgehead atoms. The van der Waals surface area contributed by atoms with Gasteiger partial charge in [-0.2, -0.15) is 0 Å². The van der Waals surface area contributed by atoms with Gasteiger partial charge in [-0.25, -0.2) is 9.98 Å². The molecule has 1 aliphatic rings. The van der Waals surface area contributed by atoms with Gasteiger partial charge in [-0.3, -0.25) is 0 Å². The number of nitrogens with zero attached hydrogens (tertiary/aromatic N) is 2. The van der Waals surface area contributed by atoms with E-state index in [1.54, 1.807) is 12.3 Å². The monoisotopic (exact) mass is 224 g/mol. The zero-order chi connectivity index (χ0) is 10.8. The van der Waals surface area contributed by atoms with Crippen LogP contribution in [-0.2, 0) is 4.74 Å². The molecule has 1 atom stereocenters. The fourth-order valence-corrected chi connectivity index (χ4v) is 1.49. The van der Waals surface area contributed by atoms with Crippen LogP contribution < -0.4 is 0 Å². The van der Waals surface area contributed by atoms with Crippen molar-refractivity contribution in [3.8, 4) is 0 Å². The van der Waals surface area contributed by atoms with E-state index < -0.39 is 0 Å². The molecular weight excluding hydrogens is 212 g/mol. The number of hydrogen-bond acceptors (Lipinski definition) is 3. The number of ether oxygens (including phenoxy) is 1. The summed E-state index contributed by atoms with van der Waals surface area (Å²) in [5, 5.41) is 0.623. The molecule has 0 saturated carbocycles. The Kier molecular flexibility index (Phi) is 2.91. The molecule has 1 aliphatic heterocycles. The molecule has 0 spiro atoms. The quantitative estimate of drug-likeness (QED) is 0.774. The van der Waals surface area contributed by atoms with Gasteiger partial charge in [-0.05, 0) is 18.1 Å². The van der Waals surface area contributed by atoms with Crippen LogP contribution in [0.1, 0.15) is 19.5 Å². The summed E-state index contributed by atoms with van der Waals surface area (Å²) in [6.07, 6.45) is 1.60. The van der Waals surface area contributed by atoms with Gasteiger partial charge in [0.2, 0.25) is 5.90 Å². The van der Waals surface area contributed by atoms with Gasteiger partial charge in [-0.15, -0.1) is 0 Å². The number of aliphatic imine (C=N–C) groups is 1. The highest BCUT2D eigenvalue weighted by molar-refractivity contribution is 6.30. The average Bonchev–Trinajstić information content (AvgIpc) is 2.68. The van der Waals surface area contributed by atoms with Crippen LogP contribution in [0.15, 0.2) is 23.3 Å². The summed E-state index contributed by atoms with van der Waals surface area (Å²) < 4.78 is 5.50. The lowest BCUT2D eigenvalue weighted by atomic mass is 10.1. The summed E-state index contributed by atoms with van der Waals surface area (Å²) in [6.45, 7) is 4.92. The summed E-state index contributed by atoms with van der Waals surface area (Å²) in [5.74, 6) is 1.13. The second kappa shape index (κ2) is 4.19. The Morgan fingerprint density at radius 2 is 2.27 bits per heavy atom. The van der Waals surface area contributed by atoms with Crippen molar-refractivity contribution >= 4 is 17.5 Å². The maximum absolute atomic E-state index is 5.75. The summed E-state index contributed by atoms with van der Waals surface area (Å²) in [6, 6.07) is 3.86. The van der Waals surface area contributed by atoms with E-state index in [9.17, 15) is 0 Å². The van der Waals surface area contributed by atoms with E-state index in [2.05, 4.69) is 23.8 Å². The van der Waals surface area contributed by atoms with Crippen molar-refractivity contribution in [2.45, 2.75) is 19.9 Å². The maximum atomic E-state index is 5.75. The number of pyridine rings is 1. The third-order valence-corrected chi connectivity index (χ3v) is 2.61. The Hall–Kier alpha value is -1.09. The molecule has 1 aromatic heterocycles. The van der Waals surface area contributed by atoms with Crippen LogP contribution >= 0.6 is 11.6 Å². The van der Waals surface area contributed by atoms with Gasteiger partial charge in [-0.1, -0.05) is 25.4 Å². The van der Waals surface area contributed by atoms with Gasteiger partial charge in [0.15, 0.2) is 0 Å². The molecule has 1 aromatic rings. The van der Waals surface area contributed by atoms with Crippen LogP contribution in [0.2, 0.25) is 5.02 Å². The molecule has 0 saturated heterocycles. The minimum Gasteiger partial charge on any atom is -0.474 e. The van der Waals surface area contributed by atoms with Crippen molar-refractivity contribution in [1.82, 2.24) is 4.98 Å². The first kappa shape index (κ1) is 10.4. The summed E-state index contributed by atoms with van der Waals surface area (Å²) in [5.41, 5.74) is 0.752. The molecule has 0 aromatic carbocycles. The number of hydrogen-bond donors (Lipinski definition) is 0. The van der Waals surface area contributed by atoms with Gasteiger partial charge in [0.1, 0.15) is 12.3 Å². The summed E-state index contributed by atoms with van der Waals surface area (Å²) in [4.78, 5) is 8.64. The largest absolute Gasteiger partial charge is 0.474 e. The molecule has 2 rings (SSSR count). The van der Waals surface area contributed by atoms with E-state index in [1.165, 1.54) is 0 Å². The summed E-state index contributed by atoms with van der Waals surface area (Å²) in [7, 11) is 0. The van der Waals surface area contributed by atoms with E-state index in [-0.39, 0.29) is 6.04 Å². The molecule has 80 valence electrons. The van der Waals surface area contributed by atoms with Crippen molar-refractivity contribution in [2.75, 3.05) is 6.61 Å². The fraction of sp³-hybridized carbons (Fsp3) is 0.455. The normalized spacial score (nSPS) is 20.3. The molecule has 0 aliphatic carbocycles. The Labute approximate surface area is 94.1 Å². The van der Waals surface area contributed by atoms with E-state index in [4.69, 9.17) is 16.3 Å². The third kappa shape index (κ3) is 2.29. The standard InChI is InChI=1S/C11H13ClN2O/c1-7(2)10-6-15-11(14-10)9-4-3-8(12)5-13-9/h3-5,7,10H,6H2,1-2H3. The van der Waals surface area contributed by atoms with Gasteiger partial charge in [0.05, 0.1) is 11.1 Å². The highest BCUT2D eigenvalue weighted by Crippen LogP contribution is 2.17. The van der Waals surface area contributed by atoms with Crippen molar-refractivity contribution < 1.29 is 4.74 Å². The molecule has 1 unspecified atom stereocenters. The first-order valence-corrected chi connectivity index (χ1v) is 5.37. The molecular formula is C11H13ClN2O. The molecule has 3 nitrogen and oxygen atoms in total. The van der Waals surface area contributed by atoms with Crippen molar-refractivity contribution in [3.05, 3.63) is 29.0 Å². The minimum atomic E-state index is 0.248. The lowest BCUT2D eigenvalue weighted by molar-refractivity contribution is 0.291. The van der Waals surface area contributed by atoms with Crippen molar-refractivity contribution in [1.29, 1.82) is 0 Å². The van der Waals surface area contributed by atoms with E-state index in [0.29, 0.717) is 23.4 Å². The van der Waals surface area contributed by atoms with Gasteiger partial charge in [0.25, 0.3) is 0 Å². The van der Waals surface area contributed by atoms with E-state index in [1.807, 2.05) is 6.07 Å². The zero-order valence-electron chi connectivity index (χ0n) is 8.77. The SMILES string of the molecule is CC(C)C1COC(c2ccc(Cl)cn2)=N1. The predicted molar refractivity (Wildman–Crippen MR) is 60.4 cm³/mol. The zero-order valence-corrected chi connectivity index (χ0v) is 9.53. The van der Waals surface area contributed by atoms with E-state index in [0.717, 1.165) is 5.69 Å². The van der Waals surface area contributed by atoms with Crippen LogP contribution in [0.4, 0.5) is 0 Å². The first-order valence-electron chi connectivity index (χ1n) is 4.99. The lowest BCUT2D eigenvalue weighted by Gasteiger charge is -2.06. The molecule has 2 heterocycles. The molecule has 0 radical (unpaired) electrons. The van der Waals surface area contributed by atoms with Gasteiger partial charge < -0.3 is 4.74 Å². The van der Waals surface area contributed by atoms with Crippen molar-refractivity contribution in [2.24, 2.45) is 10.9 Å². The molecule has 0 fully saturated rings. The fourth-order valence-electron chi connectivity index (χ4n) is 1.37. The first-order chi connectivity index (χ1) is 7.16. The Morgan fingerprint density at radius 3 is 2.80 bits per heavy atom. The van der Waals surface area contributed by atoms with Crippen LogP contribution in [-0.4, -0.2) is 23.5 Å². The second-order valence-corrected chi connectivity index (χ2v) is 4.35. The van der Waals surface area contributed by atoms with Crippen LogP contribution in [0.5, 0.6) is 0 Å². The molecule has 0 N–H and O–H groups in total. The Bertz CT molecular complexity index is 373. The summed E-state index contributed by atoms with van der Waals surface area (Å²) >= 11 is 5.75. The smallest absolute Gasteiger partial charge is 0.235 e. The average molecular weight is 225 g/mol. The van der Waals surface area contributed by atoms with Crippen LogP contribution in [0, 0.1) is 5.92 Å². The van der Waals surface area contributed by atoms with Crippen LogP contribution in [0.25, 0.3) is 0 Å². The number of rotatable bonds is 2. The molecule has 15 heavy (non-hydrogen) atoms. The Morgan fingerprint density at radius 1 is 1.47 bits per heavy atom. The van der Waals surface area contributed by atoms with Crippen LogP contribution in [0.3, 0.4) is 0 Å². The minimum absolute atomic E-state index is 0.248. The lowest BCUT2D eigenvalue weighted by Crippen LogP contribution is -2.13. The highest BCUT2D eigenvalue weighted by Gasteiger charge is 2.23. The van der Waals surface area contributed by atoms with Gasteiger partial charge in [0, 0.05) is 6.20 Å². The van der Waals surface area contributed by atoms with Gasteiger partial charge >= 0.3 is 0 Å². The van der Waals surface area contributed by atoms with E-state index >= 15 is 0 Å².